The fourth-order valence-electron chi connectivity index (χ4n) is 4.59. The van der Waals surface area contributed by atoms with Gasteiger partial charge in [-0.25, -0.2) is 14.6 Å². The molecule has 47 heavy (non-hydrogen) atoms. The molecule has 21 heteroatoms. The number of fused-ring (bicyclic) bond motifs is 1. The summed E-state index contributed by atoms with van der Waals surface area (Å²) < 4.78 is -1.56. The van der Waals surface area contributed by atoms with Crippen LogP contribution in [0.2, 0.25) is 5.02 Å². The highest BCUT2D eigenvalue weighted by molar-refractivity contribution is 8.20. The molecular weight excluding hydrogens is 704 g/mol. The number of anilines is 1. The molecule has 1 aromatic carbocycles. The van der Waals surface area contributed by atoms with E-state index >= 15 is 0 Å². The lowest BCUT2D eigenvalue weighted by molar-refractivity contribution is -0.161. The highest BCUT2D eigenvalue weighted by Gasteiger charge is 2.64. The number of aromatic nitrogens is 1. The van der Waals surface area contributed by atoms with Gasteiger partial charge in [-0.2, -0.15) is 0 Å². The molecular formula is C26H25ClN6O11S3. The first-order chi connectivity index (χ1) is 22.0. The molecule has 7 N–H and O–H groups in total. The molecule has 17 nitrogen and oxygen atoms in total. The molecule has 0 saturated carbocycles. The number of halogens is 1. The molecule has 0 bridgehead atoms. The summed E-state index contributed by atoms with van der Waals surface area (Å²) in [5.41, 5.74) is 3.08. The van der Waals surface area contributed by atoms with Crippen LogP contribution < -0.4 is 11.1 Å². The number of aliphatic carboxylic acids is 2. The molecule has 3 saturated heterocycles. The van der Waals surface area contributed by atoms with Crippen molar-refractivity contribution in [2.24, 2.45) is 5.16 Å². The fraction of sp³-hybridized carbons (Fsp3) is 0.385. The van der Waals surface area contributed by atoms with Crippen LogP contribution in [0.25, 0.3) is 0 Å². The summed E-state index contributed by atoms with van der Waals surface area (Å²) in [6.07, 6.45) is 0. The van der Waals surface area contributed by atoms with Gasteiger partial charge in [0.15, 0.2) is 26.4 Å². The number of nitrogens with one attached hydrogen (secondary N) is 1. The summed E-state index contributed by atoms with van der Waals surface area (Å²) in [7, 11) is 0. The number of rotatable bonds is 11. The van der Waals surface area contributed by atoms with Gasteiger partial charge >= 0.3 is 11.9 Å². The standard InChI is InChI=1S/C26H25ClN6O11S3/c1-25(2,22(40)41)44-31-14(11-7-45-24(28)29-11)18(37)30-15-19(38)33-8-26(23(42)43,47-21(15)33)46-9-5-32(6-9)20(39)16(35)10-3-4-12(34)17(36)13(10)27/h3-4,7,9,15,21,34,36H,5-6,8H2,1-2H3,(H2,28,29)(H,30,37)(H,40,41)(H,42,43)/b31-14-/t15-,21-,26-/m1/s1. The Hall–Kier alpha value is -4.27. The highest BCUT2D eigenvalue weighted by atomic mass is 35.5. The minimum atomic E-state index is -1.81. The SMILES string of the molecule is CC(C)(O/N=C(\C(=O)N[C@@H]1C(=O)N2C[C@](SC3CN(C(=O)C(=O)c4ccc(O)c(O)c4Cl)C3)(C(=O)O)S[C@H]12)c1csc(N)n1)C(=O)O. The van der Waals surface area contributed by atoms with Gasteiger partial charge in [0.05, 0.1) is 17.1 Å². The maximum Gasteiger partial charge on any atom is 0.350 e. The molecule has 3 fully saturated rings. The highest BCUT2D eigenvalue weighted by Crippen LogP contribution is 2.54. The van der Waals surface area contributed by atoms with E-state index in [2.05, 4.69) is 15.5 Å². The molecule has 4 heterocycles. The van der Waals surface area contributed by atoms with Crippen LogP contribution in [0.5, 0.6) is 11.5 Å². The van der Waals surface area contributed by atoms with E-state index in [4.69, 9.17) is 22.2 Å². The third kappa shape index (κ3) is 6.24. The van der Waals surface area contributed by atoms with Crippen molar-refractivity contribution in [2.75, 3.05) is 25.4 Å². The number of benzene rings is 1. The van der Waals surface area contributed by atoms with E-state index in [9.17, 15) is 49.2 Å². The number of aromatic hydroxyl groups is 2. The molecule has 0 radical (unpaired) electrons. The molecule has 0 spiro atoms. The number of carboxylic acids is 2. The Morgan fingerprint density at radius 2 is 1.89 bits per heavy atom. The summed E-state index contributed by atoms with van der Waals surface area (Å²) in [4.78, 5) is 87.3. The molecule has 2 aromatic rings. The van der Waals surface area contributed by atoms with Crippen LogP contribution in [0, 0.1) is 0 Å². The maximum absolute atomic E-state index is 13.3. The van der Waals surface area contributed by atoms with Crippen LogP contribution in [-0.2, 0) is 28.8 Å². The quantitative estimate of drug-likeness (QED) is 0.0456. The molecule has 3 aliphatic heterocycles. The normalized spacial score (nSPS) is 22.6. The number of carboxylic acid groups (broad SMARTS) is 2. The number of thioether (sulfide) groups is 2. The van der Waals surface area contributed by atoms with Crippen LogP contribution in [0.3, 0.4) is 0 Å². The smallest absolute Gasteiger partial charge is 0.350 e. The van der Waals surface area contributed by atoms with Gasteiger partial charge in [-0.3, -0.25) is 19.2 Å². The predicted molar refractivity (Wildman–Crippen MR) is 168 cm³/mol. The molecule has 3 atom stereocenters. The van der Waals surface area contributed by atoms with E-state index in [1.54, 1.807) is 0 Å². The predicted octanol–water partition coefficient (Wildman–Crippen LogP) is 0.382. The molecule has 0 unspecified atom stereocenters. The number of hydrogen-bond donors (Lipinski definition) is 6. The number of oxime groups is 1. The first kappa shape index (κ1) is 34.1. The van der Waals surface area contributed by atoms with Crippen LogP contribution in [-0.4, -0.2) is 122 Å². The summed E-state index contributed by atoms with van der Waals surface area (Å²) >= 11 is 8.83. The lowest BCUT2D eigenvalue weighted by atomic mass is 10.1. The zero-order chi connectivity index (χ0) is 34.6. The topological polar surface area (TPSA) is 262 Å². The lowest BCUT2D eigenvalue weighted by Gasteiger charge is -2.41. The van der Waals surface area contributed by atoms with Gasteiger partial charge in [-0.05, 0) is 26.0 Å². The van der Waals surface area contributed by atoms with Gasteiger partial charge in [0.25, 0.3) is 17.6 Å². The number of ketones is 1. The van der Waals surface area contributed by atoms with Crippen LogP contribution >= 0.6 is 46.5 Å². The van der Waals surface area contributed by atoms with Gasteiger partial charge in [0, 0.05) is 23.7 Å². The van der Waals surface area contributed by atoms with Crippen molar-refractivity contribution in [3.05, 3.63) is 33.8 Å². The first-order valence-corrected chi connectivity index (χ1v) is 16.4. The third-order valence-corrected chi connectivity index (χ3v) is 11.7. The summed E-state index contributed by atoms with van der Waals surface area (Å²) in [5.74, 6) is -7.37. The van der Waals surface area contributed by atoms with E-state index in [1.807, 2.05) is 0 Å². The molecule has 250 valence electrons. The van der Waals surface area contributed by atoms with E-state index in [1.165, 1.54) is 29.0 Å². The molecule has 3 aliphatic rings. The number of Topliss-reactive ketones (excluding diaryl/α,β-unsaturated/α-hetero) is 1. The Balaban J connectivity index is 1.24. The van der Waals surface area contributed by atoms with Gasteiger partial charge in [0.1, 0.15) is 17.1 Å². The number of hydrogen-bond acceptors (Lipinski definition) is 15. The van der Waals surface area contributed by atoms with Crippen molar-refractivity contribution < 1.29 is 54.0 Å². The van der Waals surface area contributed by atoms with Crippen LogP contribution in [0.4, 0.5) is 5.13 Å². The largest absolute Gasteiger partial charge is 0.504 e. The third-order valence-electron chi connectivity index (χ3n) is 7.33. The Kier molecular flexibility index (Phi) is 8.99. The molecule has 3 amide bonds. The Bertz CT molecular complexity index is 1750. The fourth-order valence-corrected chi connectivity index (χ4v) is 9.00. The van der Waals surface area contributed by atoms with E-state index in [0.717, 1.165) is 47.0 Å². The monoisotopic (exact) mass is 728 g/mol. The van der Waals surface area contributed by atoms with Crippen molar-refractivity contribution >= 4 is 92.7 Å². The average molecular weight is 729 g/mol. The van der Waals surface area contributed by atoms with Gasteiger partial charge < -0.3 is 46.1 Å². The number of β-lactam (4-membered cyclic amide) rings is 1. The van der Waals surface area contributed by atoms with Gasteiger partial charge in [-0.1, -0.05) is 16.8 Å². The molecule has 1 aromatic heterocycles. The second kappa shape index (κ2) is 12.4. The number of nitrogens with two attached hydrogens (primary N) is 1. The van der Waals surface area contributed by atoms with E-state index in [0.29, 0.717) is 0 Å². The second-order valence-corrected chi connectivity index (χ2v) is 15.5. The number of amides is 3. The first-order valence-electron chi connectivity index (χ1n) is 13.4. The second-order valence-electron chi connectivity index (χ2n) is 11.0. The number of phenols is 2. The summed E-state index contributed by atoms with van der Waals surface area (Å²) in [6.45, 7) is 2.23. The van der Waals surface area contributed by atoms with Crippen LogP contribution in [0.15, 0.2) is 22.7 Å². The Morgan fingerprint density at radius 1 is 1.21 bits per heavy atom. The lowest BCUT2D eigenvalue weighted by Crippen LogP contribution is -2.68. The Morgan fingerprint density at radius 3 is 2.49 bits per heavy atom. The molecule has 5 rings (SSSR count). The van der Waals surface area contributed by atoms with E-state index in [-0.39, 0.29) is 36.0 Å². The maximum atomic E-state index is 13.3. The number of likely N-dealkylation sites (tertiary alicyclic amines) is 1. The average Bonchev–Trinajstić information content (AvgIpc) is 3.58. The number of nitrogen functional groups attached to an aromatic ring is 1. The minimum absolute atomic E-state index is 0.00851. The van der Waals surface area contributed by atoms with Crippen molar-refractivity contribution in [3.8, 4) is 11.5 Å². The number of carbonyl (C=O) groups is 6. The summed E-state index contributed by atoms with van der Waals surface area (Å²) in [6, 6.07) is 0.952. The van der Waals surface area contributed by atoms with Crippen molar-refractivity contribution in [1.82, 2.24) is 20.1 Å². The van der Waals surface area contributed by atoms with Gasteiger partial charge in [0.2, 0.25) is 11.5 Å². The molecule has 0 aliphatic carbocycles. The Labute approximate surface area is 282 Å². The van der Waals surface area contributed by atoms with Crippen LogP contribution in [0.1, 0.15) is 29.9 Å². The number of carbonyl (C=O) groups excluding carboxylic acids is 4. The van der Waals surface area contributed by atoms with Gasteiger partial charge in [-0.15, -0.1) is 34.9 Å². The minimum Gasteiger partial charge on any atom is -0.504 e. The summed E-state index contributed by atoms with van der Waals surface area (Å²) in [5, 5.41) is 44.8. The zero-order valence-electron chi connectivity index (χ0n) is 24.2. The number of nitrogens with zero attached hydrogens (tertiary/aromatic N) is 4. The number of phenolic OH excluding ortho intramolecular Hbond substituents is 2. The van der Waals surface area contributed by atoms with E-state index < -0.39 is 84.0 Å². The number of thiazole rings is 1. The van der Waals surface area contributed by atoms with Crippen molar-refractivity contribution in [3.63, 3.8) is 0 Å². The zero-order valence-corrected chi connectivity index (χ0v) is 27.4. The van der Waals surface area contributed by atoms with Crippen molar-refractivity contribution in [2.45, 2.75) is 40.2 Å². The van der Waals surface area contributed by atoms with Crippen molar-refractivity contribution in [1.29, 1.82) is 0 Å².